The fourth-order valence-electron chi connectivity index (χ4n) is 3.50. The SMILES string of the molecule is O=C(NCCO)c1ccc(-c2c3ccc(=O)cc-3oc3cc(O)ccc23)c(C(=O)O)c1. The van der Waals surface area contributed by atoms with Gasteiger partial charge in [-0.3, -0.25) is 9.59 Å². The first-order chi connectivity index (χ1) is 14.9. The van der Waals surface area contributed by atoms with Crippen LogP contribution >= 0.6 is 0 Å². The van der Waals surface area contributed by atoms with E-state index in [0.29, 0.717) is 22.1 Å². The van der Waals surface area contributed by atoms with Crippen molar-refractivity contribution in [1.29, 1.82) is 0 Å². The van der Waals surface area contributed by atoms with Crippen LogP contribution in [0.5, 0.6) is 5.75 Å². The molecule has 4 N–H and O–H groups in total. The zero-order valence-corrected chi connectivity index (χ0v) is 16.1. The Balaban J connectivity index is 2.02. The number of carboxylic acids is 1. The van der Waals surface area contributed by atoms with Gasteiger partial charge >= 0.3 is 5.97 Å². The lowest BCUT2D eigenvalue weighted by Crippen LogP contribution is -2.26. The second kappa shape index (κ2) is 7.92. The molecule has 31 heavy (non-hydrogen) atoms. The van der Waals surface area contributed by atoms with Gasteiger partial charge in [0, 0.05) is 40.8 Å². The molecule has 0 atom stereocenters. The van der Waals surface area contributed by atoms with Crippen molar-refractivity contribution in [2.24, 2.45) is 0 Å². The number of phenolic OH excluding ortho intramolecular Hbond substituents is 1. The van der Waals surface area contributed by atoms with Crippen molar-refractivity contribution >= 4 is 22.8 Å². The zero-order chi connectivity index (χ0) is 22.1. The Morgan fingerprint density at radius 2 is 1.74 bits per heavy atom. The molecule has 2 aliphatic rings. The molecule has 156 valence electrons. The molecule has 1 aliphatic carbocycles. The molecule has 0 saturated heterocycles. The summed E-state index contributed by atoms with van der Waals surface area (Å²) in [5.41, 5.74) is 1.33. The Morgan fingerprint density at radius 3 is 2.48 bits per heavy atom. The quantitative estimate of drug-likeness (QED) is 0.365. The number of hydrogen-bond donors (Lipinski definition) is 4. The summed E-state index contributed by atoms with van der Waals surface area (Å²) >= 11 is 0. The second-order valence-corrected chi connectivity index (χ2v) is 6.86. The number of benzene rings is 3. The fraction of sp³-hybridized carbons (Fsp3) is 0.0870. The molecule has 2 aromatic carbocycles. The normalized spacial score (nSPS) is 11.0. The minimum Gasteiger partial charge on any atom is -0.508 e. The Bertz CT molecular complexity index is 1360. The summed E-state index contributed by atoms with van der Waals surface area (Å²) in [5.74, 6) is -1.56. The van der Waals surface area contributed by atoms with Crippen LogP contribution in [0.2, 0.25) is 0 Å². The van der Waals surface area contributed by atoms with Crippen molar-refractivity contribution in [2.75, 3.05) is 13.2 Å². The van der Waals surface area contributed by atoms with Crippen LogP contribution in [0, 0.1) is 0 Å². The van der Waals surface area contributed by atoms with E-state index in [2.05, 4.69) is 5.32 Å². The topological polar surface area (TPSA) is 137 Å². The molecule has 8 nitrogen and oxygen atoms in total. The second-order valence-electron chi connectivity index (χ2n) is 6.86. The van der Waals surface area contributed by atoms with Crippen LogP contribution in [0.1, 0.15) is 20.7 Å². The maximum Gasteiger partial charge on any atom is 0.336 e. The fourth-order valence-corrected chi connectivity index (χ4v) is 3.50. The Labute approximate surface area is 175 Å². The number of aromatic carboxylic acids is 1. The van der Waals surface area contributed by atoms with E-state index in [9.17, 15) is 24.6 Å². The van der Waals surface area contributed by atoms with Crippen LogP contribution in [0.15, 0.2) is 63.8 Å². The molecule has 2 aromatic rings. The third kappa shape index (κ3) is 3.72. The summed E-state index contributed by atoms with van der Waals surface area (Å²) in [5, 5.41) is 31.6. The van der Waals surface area contributed by atoms with Crippen LogP contribution < -0.4 is 10.7 Å². The van der Waals surface area contributed by atoms with Gasteiger partial charge in [0.2, 0.25) is 0 Å². The van der Waals surface area contributed by atoms with Crippen LogP contribution in [-0.2, 0) is 0 Å². The van der Waals surface area contributed by atoms with Crippen molar-refractivity contribution in [3.05, 3.63) is 75.9 Å². The molecule has 1 heterocycles. The van der Waals surface area contributed by atoms with Crippen molar-refractivity contribution in [3.8, 4) is 28.2 Å². The molecule has 4 rings (SSSR count). The van der Waals surface area contributed by atoms with Gasteiger partial charge in [0.05, 0.1) is 12.2 Å². The van der Waals surface area contributed by atoms with Gasteiger partial charge < -0.3 is 25.1 Å². The first-order valence-corrected chi connectivity index (χ1v) is 9.35. The predicted octanol–water partition coefficient (Wildman–Crippen LogP) is 2.69. The van der Waals surface area contributed by atoms with E-state index >= 15 is 0 Å². The lowest BCUT2D eigenvalue weighted by Gasteiger charge is -2.17. The Hall–Kier alpha value is -4.17. The smallest absolute Gasteiger partial charge is 0.336 e. The number of aliphatic hydroxyl groups is 1. The number of carbonyl (C=O) groups is 2. The summed E-state index contributed by atoms with van der Waals surface area (Å²) in [7, 11) is 0. The van der Waals surface area contributed by atoms with Crippen molar-refractivity contribution in [1.82, 2.24) is 5.32 Å². The standard InChI is InChI=1S/C23H17NO7/c25-8-7-24-22(28)12-1-4-15(18(9-12)23(29)30)21-16-5-2-13(26)10-19(16)31-20-11-14(27)3-6-17(20)21/h1-6,9-11,25-26H,7-8H2,(H,24,28)(H,29,30). The minimum absolute atomic E-state index is 0.0411. The van der Waals surface area contributed by atoms with Gasteiger partial charge in [-0.1, -0.05) is 6.07 Å². The van der Waals surface area contributed by atoms with Gasteiger partial charge in [-0.25, -0.2) is 4.79 Å². The average Bonchev–Trinajstić information content (AvgIpc) is 2.75. The maximum absolute atomic E-state index is 12.2. The molecule has 0 saturated carbocycles. The number of phenols is 1. The molecular formula is C23H17NO7. The first kappa shape index (κ1) is 20.1. The summed E-state index contributed by atoms with van der Waals surface area (Å²) in [6, 6.07) is 12.9. The molecule has 0 bridgehead atoms. The highest BCUT2D eigenvalue weighted by Crippen LogP contribution is 2.42. The number of hydrogen-bond acceptors (Lipinski definition) is 6. The predicted molar refractivity (Wildman–Crippen MR) is 113 cm³/mol. The van der Waals surface area contributed by atoms with Gasteiger partial charge in [-0.05, 0) is 42.0 Å². The molecule has 0 aromatic heterocycles. The highest BCUT2D eigenvalue weighted by molar-refractivity contribution is 6.09. The van der Waals surface area contributed by atoms with E-state index in [1.807, 2.05) is 0 Å². The number of rotatable bonds is 5. The number of amides is 1. The number of fused-ring (bicyclic) bond motifs is 2. The van der Waals surface area contributed by atoms with Gasteiger partial charge in [0.1, 0.15) is 17.1 Å². The van der Waals surface area contributed by atoms with Crippen LogP contribution in [0.4, 0.5) is 0 Å². The largest absolute Gasteiger partial charge is 0.508 e. The molecule has 1 aliphatic heterocycles. The summed E-state index contributed by atoms with van der Waals surface area (Å²) in [6.07, 6.45) is 0. The van der Waals surface area contributed by atoms with Gasteiger partial charge in [0.25, 0.3) is 5.91 Å². The number of carboxylic acid groups (broad SMARTS) is 1. The van der Waals surface area contributed by atoms with Crippen molar-refractivity contribution < 1.29 is 29.3 Å². The first-order valence-electron chi connectivity index (χ1n) is 9.35. The van der Waals surface area contributed by atoms with Crippen LogP contribution in [0.3, 0.4) is 0 Å². The van der Waals surface area contributed by atoms with E-state index in [1.165, 1.54) is 42.5 Å². The highest BCUT2D eigenvalue weighted by atomic mass is 16.4. The Kier molecular flexibility index (Phi) is 5.14. The molecule has 1 amide bonds. The van der Waals surface area contributed by atoms with E-state index < -0.39 is 11.9 Å². The average molecular weight is 419 g/mol. The number of aromatic hydroxyl groups is 1. The van der Waals surface area contributed by atoms with Gasteiger partial charge in [-0.2, -0.15) is 0 Å². The van der Waals surface area contributed by atoms with E-state index in [1.54, 1.807) is 12.1 Å². The number of carbonyl (C=O) groups excluding carboxylic acids is 1. The molecule has 0 unspecified atom stereocenters. The molecule has 0 fully saturated rings. The van der Waals surface area contributed by atoms with Crippen molar-refractivity contribution in [2.45, 2.75) is 0 Å². The van der Waals surface area contributed by atoms with Crippen LogP contribution in [-0.4, -0.2) is 40.3 Å². The van der Waals surface area contributed by atoms with E-state index in [4.69, 9.17) is 9.52 Å². The zero-order valence-electron chi connectivity index (χ0n) is 16.1. The molecule has 0 spiro atoms. The highest BCUT2D eigenvalue weighted by Gasteiger charge is 2.23. The summed E-state index contributed by atoms with van der Waals surface area (Å²) in [6.45, 7) is -0.199. The maximum atomic E-state index is 12.2. The van der Waals surface area contributed by atoms with Gasteiger partial charge in [-0.15, -0.1) is 0 Å². The summed E-state index contributed by atoms with van der Waals surface area (Å²) < 4.78 is 5.78. The molecule has 0 radical (unpaired) electrons. The minimum atomic E-state index is -1.24. The monoisotopic (exact) mass is 419 g/mol. The number of aliphatic hydroxyl groups excluding tert-OH is 1. The third-order valence-electron chi connectivity index (χ3n) is 4.86. The third-order valence-corrected chi connectivity index (χ3v) is 4.86. The van der Waals surface area contributed by atoms with E-state index in [-0.39, 0.29) is 46.8 Å². The van der Waals surface area contributed by atoms with Crippen LogP contribution in [0.25, 0.3) is 33.4 Å². The van der Waals surface area contributed by atoms with E-state index in [0.717, 1.165) is 0 Å². The van der Waals surface area contributed by atoms with Crippen molar-refractivity contribution in [3.63, 3.8) is 0 Å². The summed E-state index contributed by atoms with van der Waals surface area (Å²) in [4.78, 5) is 36.2. The van der Waals surface area contributed by atoms with Gasteiger partial charge in [0.15, 0.2) is 5.43 Å². The lowest BCUT2D eigenvalue weighted by atomic mass is 9.90. The number of nitrogens with one attached hydrogen (secondary N) is 1. The molecular weight excluding hydrogens is 402 g/mol. The Morgan fingerprint density at radius 1 is 0.968 bits per heavy atom. The lowest BCUT2D eigenvalue weighted by molar-refractivity contribution is 0.0697. The molecule has 8 heteroatoms.